The predicted molar refractivity (Wildman–Crippen MR) is 65.8 cm³/mol. The number of nitro groups is 1. The van der Waals surface area contributed by atoms with Gasteiger partial charge in [-0.15, -0.1) is 0 Å². The molecule has 1 rings (SSSR count). The van der Waals surface area contributed by atoms with Gasteiger partial charge >= 0.3 is 5.97 Å². The number of nitrogens with zero attached hydrogens (tertiary/aromatic N) is 1. The van der Waals surface area contributed by atoms with Crippen molar-refractivity contribution in [3.05, 3.63) is 39.7 Å². The normalized spacial score (nSPS) is 12.9. The van der Waals surface area contributed by atoms with E-state index in [-0.39, 0.29) is 11.3 Å². The quantitative estimate of drug-likeness (QED) is 0.512. The maximum atomic E-state index is 13.2. The molecule has 0 aliphatic carbocycles. The maximum Gasteiger partial charge on any atom is 0.313 e. The molecule has 0 saturated heterocycles. The summed E-state index contributed by atoms with van der Waals surface area (Å²) < 4.78 is 17.9. The van der Waals surface area contributed by atoms with E-state index < -0.39 is 28.2 Å². The molecule has 0 bridgehead atoms. The number of carbonyl (C=O) groups excluding carboxylic acids is 1. The lowest BCUT2D eigenvalue weighted by atomic mass is 9.80. The van der Waals surface area contributed by atoms with Gasteiger partial charge in [-0.25, -0.2) is 4.39 Å². The third-order valence-corrected chi connectivity index (χ3v) is 3.01. The van der Waals surface area contributed by atoms with Crippen molar-refractivity contribution in [2.45, 2.75) is 19.9 Å². The molecule has 0 saturated carbocycles. The largest absolute Gasteiger partial charge is 0.469 e. The molecule has 0 radical (unpaired) electrons. The van der Waals surface area contributed by atoms with Gasteiger partial charge in [-0.1, -0.05) is 0 Å². The Morgan fingerprint density at radius 1 is 1.53 bits per heavy atom. The van der Waals surface area contributed by atoms with Gasteiger partial charge in [0.1, 0.15) is 5.82 Å². The number of esters is 1. The average Bonchev–Trinajstić information content (AvgIpc) is 2.36. The molecule has 0 fully saturated rings. The molecule has 0 aliphatic rings. The van der Waals surface area contributed by atoms with Gasteiger partial charge in [-0.3, -0.25) is 14.9 Å². The lowest BCUT2D eigenvalue weighted by molar-refractivity contribution is -0.385. The van der Waals surface area contributed by atoms with E-state index in [1.54, 1.807) is 0 Å². The Labute approximate surface area is 109 Å². The zero-order valence-corrected chi connectivity index (χ0v) is 10.8. The Hall–Kier alpha value is -2.02. The number of hydrogen-bond acceptors (Lipinski definition) is 5. The maximum absolute atomic E-state index is 13.2. The summed E-state index contributed by atoms with van der Waals surface area (Å²) in [5.41, 5.74) is 4.30. The highest BCUT2D eigenvalue weighted by Gasteiger charge is 2.39. The zero-order chi connectivity index (χ0) is 14.8. The minimum Gasteiger partial charge on any atom is -0.469 e. The topological polar surface area (TPSA) is 95.5 Å². The summed E-state index contributed by atoms with van der Waals surface area (Å²) in [6, 6.07) is 1.90. The number of rotatable bonds is 4. The molecule has 6 nitrogen and oxygen atoms in total. The van der Waals surface area contributed by atoms with Crippen LogP contribution in [0.2, 0.25) is 0 Å². The third kappa shape index (κ3) is 2.87. The summed E-state index contributed by atoms with van der Waals surface area (Å²) in [6.45, 7) is 2.97. The Morgan fingerprint density at radius 3 is 2.58 bits per heavy atom. The lowest BCUT2D eigenvalue weighted by Gasteiger charge is -2.28. The Bertz CT molecular complexity index is 516. The third-order valence-electron chi connectivity index (χ3n) is 3.01. The number of nitrogens with two attached hydrogens (primary N) is 1. The molecule has 0 spiro atoms. The van der Waals surface area contributed by atoms with Gasteiger partial charge in [0, 0.05) is 6.07 Å². The molecule has 104 valence electrons. The SMILES string of the molecule is COC(=O)C(C)(C)[C@@H](N)c1cc(F)ccc1[N+](=O)[O-]. The molecular weight excluding hydrogens is 255 g/mol. The highest BCUT2D eigenvalue weighted by Crippen LogP contribution is 2.37. The second-order valence-corrected chi connectivity index (χ2v) is 4.65. The van der Waals surface area contributed by atoms with E-state index in [1.807, 2.05) is 0 Å². The van der Waals surface area contributed by atoms with Crippen LogP contribution in [0.3, 0.4) is 0 Å². The van der Waals surface area contributed by atoms with E-state index in [9.17, 15) is 19.3 Å². The summed E-state index contributed by atoms with van der Waals surface area (Å²) in [7, 11) is 1.19. The van der Waals surface area contributed by atoms with Crippen LogP contribution >= 0.6 is 0 Å². The van der Waals surface area contributed by atoms with Crippen LogP contribution in [-0.4, -0.2) is 18.0 Å². The summed E-state index contributed by atoms with van der Waals surface area (Å²) in [4.78, 5) is 21.9. The van der Waals surface area contributed by atoms with Crippen LogP contribution < -0.4 is 5.73 Å². The van der Waals surface area contributed by atoms with E-state index in [2.05, 4.69) is 4.74 Å². The fraction of sp³-hybridized carbons (Fsp3) is 0.417. The standard InChI is InChI=1S/C12H15FN2O4/c1-12(2,11(16)19-3)10(14)8-6-7(13)4-5-9(8)15(17)18/h4-6,10H,14H2,1-3H3/t10-/m0/s1. The average molecular weight is 270 g/mol. The summed E-state index contributed by atoms with van der Waals surface area (Å²) in [5.74, 6) is -1.28. The van der Waals surface area contributed by atoms with Crippen LogP contribution in [0.5, 0.6) is 0 Å². The van der Waals surface area contributed by atoms with Crippen molar-refractivity contribution in [3.8, 4) is 0 Å². The predicted octanol–water partition coefficient (Wildman–Crippen LogP) is 1.93. The number of halogens is 1. The second kappa shape index (κ2) is 5.31. The van der Waals surface area contributed by atoms with Crippen molar-refractivity contribution in [2.24, 2.45) is 11.1 Å². The van der Waals surface area contributed by atoms with Crippen LogP contribution in [-0.2, 0) is 9.53 Å². The monoisotopic (exact) mass is 270 g/mol. The minimum absolute atomic E-state index is 0.0413. The van der Waals surface area contributed by atoms with Crippen molar-refractivity contribution in [1.29, 1.82) is 0 Å². The summed E-state index contributed by atoms with van der Waals surface area (Å²) in [6.07, 6.45) is 0. The molecule has 0 unspecified atom stereocenters. The first kappa shape index (κ1) is 15.0. The van der Waals surface area contributed by atoms with Crippen molar-refractivity contribution < 1.29 is 18.8 Å². The van der Waals surface area contributed by atoms with Gasteiger partial charge in [0.2, 0.25) is 0 Å². The summed E-state index contributed by atoms with van der Waals surface area (Å²) in [5, 5.41) is 10.9. The number of ether oxygens (including phenoxy) is 1. The lowest BCUT2D eigenvalue weighted by Crippen LogP contribution is -2.37. The molecule has 0 heterocycles. The van der Waals surface area contributed by atoms with Gasteiger partial charge in [0.05, 0.1) is 29.1 Å². The molecule has 1 aromatic carbocycles. The van der Waals surface area contributed by atoms with Crippen LogP contribution in [0.1, 0.15) is 25.5 Å². The number of methoxy groups -OCH3 is 1. The van der Waals surface area contributed by atoms with Crippen LogP contribution in [0.4, 0.5) is 10.1 Å². The Balaban J connectivity index is 3.32. The summed E-state index contributed by atoms with van der Waals surface area (Å²) >= 11 is 0. The molecular formula is C12H15FN2O4. The molecule has 1 atom stereocenters. The van der Waals surface area contributed by atoms with E-state index >= 15 is 0 Å². The van der Waals surface area contributed by atoms with E-state index in [1.165, 1.54) is 21.0 Å². The van der Waals surface area contributed by atoms with Gasteiger partial charge in [-0.2, -0.15) is 0 Å². The fourth-order valence-electron chi connectivity index (χ4n) is 1.72. The van der Waals surface area contributed by atoms with Gasteiger partial charge in [-0.05, 0) is 26.0 Å². The smallest absolute Gasteiger partial charge is 0.313 e. The molecule has 0 aromatic heterocycles. The Morgan fingerprint density at radius 2 is 2.11 bits per heavy atom. The van der Waals surface area contributed by atoms with E-state index in [0.717, 1.165) is 18.2 Å². The zero-order valence-electron chi connectivity index (χ0n) is 10.8. The van der Waals surface area contributed by atoms with Crippen molar-refractivity contribution in [3.63, 3.8) is 0 Å². The van der Waals surface area contributed by atoms with E-state index in [4.69, 9.17) is 5.73 Å². The number of nitro benzene ring substituents is 1. The van der Waals surface area contributed by atoms with Gasteiger partial charge in [0.15, 0.2) is 0 Å². The highest BCUT2D eigenvalue weighted by atomic mass is 19.1. The van der Waals surface area contributed by atoms with Crippen LogP contribution in [0.15, 0.2) is 18.2 Å². The first-order valence-corrected chi connectivity index (χ1v) is 5.49. The fourth-order valence-corrected chi connectivity index (χ4v) is 1.72. The van der Waals surface area contributed by atoms with Crippen LogP contribution in [0.25, 0.3) is 0 Å². The van der Waals surface area contributed by atoms with Gasteiger partial charge in [0.25, 0.3) is 5.69 Å². The molecule has 1 aromatic rings. The molecule has 7 heteroatoms. The molecule has 19 heavy (non-hydrogen) atoms. The molecule has 0 amide bonds. The van der Waals surface area contributed by atoms with Crippen molar-refractivity contribution in [2.75, 3.05) is 7.11 Å². The number of hydrogen-bond donors (Lipinski definition) is 1. The number of carbonyl (C=O) groups is 1. The van der Waals surface area contributed by atoms with Crippen molar-refractivity contribution >= 4 is 11.7 Å². The molecule has 2 N–H and O–H groups in total. The first-order valence-electron chi connectivity index (χ1n) is 5.49. The second-order valence-electron chi connectivity index (χ2n) is 4.65. The van der Waals surface area contributed by atoms with Gasteiger partial charge < -0.3 is 10.5 Å². The first-order chi connectivity index (χ1) is 8.71. The van der Waals surface area contributed by atoms with Crippen LogP contribution in [0, 0.1) is 21.3 Å². The minimum atomic E-state index is -1.21. The van der Waals surface area contributed by atoms with E-state index in [0.29, 0.717) is 0 Å². The molecule has 0 aliphatic heterocycles. The Kier molecular flexibility index (Phi) is 4.21. The number of benzene rings is 1. The highest BCUT2D eigenvalue weighted by molar-refractivity contribution is 5.77. The van der Waals surface area contributed by atoms with Crippen molar-refractivity contribution in [1.82, 2.24) is 0 Å².